The van der Waals surface area contributed by atoms with E-state index >= 15 is 0 Å². The Bertz CT molecular complexity index is 535. The summed E-state index contributed by atoms with van der Waals surface area (Å²) in [6.07, 6.45) is 2.35. The quantitative estimate of drug-likeness (QED) is 0.820. The van der Waals surface area contributed by atoms with Crippen LogP contribution < -0.4 is 4.74 Å². The van der Waals surface area contributed by atoms with Crippen LogP contribution in [0.1, 0.15) is 10.4 Å². The third-order valence-electron chi connectivity index (χ3n) is 2.42. The Hall–Kier alpha value is -2.36. The molecule has 1 aromatic carbocycles. The van der Waals surface area contributed by atoms with Gasteiger partial charge in [-0.05, 0) is 29.8 Å². The van der Waals surface area contributed by atoms with Crippen LogP contribution in [0.25, 0.3) is 11.1 Å². The Morgan fingerprint density at radius 2 is 2.12 bits per heavy atom. The summed E-state index contributed by atoms with van der Waals surface area (Å²) in [5.41, 5.74) is 1.91. The lowest BCUT2D eigenvalue weighted by Gasteiger charge is -2.06. The van der Waals surface area contributed by atoms with Crippen molar-refractivity contribution >= 4 is 6.29 Å². The summed E-state index contributed by atoms with van der Waals surface area (Å²) in [4.78, 5) is 15.0. The van der Waals surface area contributed by atoms with Gasteiger partial charge in [-0.1, -0.05) is 0 Å². The molecule has 4 nitrogen and oxygen atoms in total. The number of benzene rings is 1. The number of nitrogens with zero attached hydrogens (tertiary/aromatic N) is 1. The molecule has 86 valence electrons. The van der Waals surface area contributed by atoms with Crippen molar-refractivity contribution in [2.45, 2.75) is 0 Å². The number of rotatable bonds is 3. The first-order valence-corrected chi connectivity index (χ1v) is 5.03. The van der Waals surface area contributed by atoms with Crippen molar-refractivity contribution in [3.63, 3.8) is 0 Å². The van der Waals surface area contributed by atoms with Gasteiger partial charge in [0.2, 0.25) is 5.88 Å². The van der Waals surface area contributed by atoms with Gasteiger partial charge in [0, 0.05) is 23.4 Å². The average molecular weight is 229 g/mol. The molecule has 0 aliphatic carbocycles. The highest BCUT2D eigenvalue weighted by Crippen LogP contribution is 2.26. The molecule has 2 rings (SSSR count). The van der Waals surface area contributed by atoms with E-state index in [1.807, 2.05) is 0 Å². The fourth-order valence-corrected chi connectivity index (χ4v) is 1.56. The molecule has 1 N–H and O–H groups in total. The van der Waals surface area contributed by atoms with Gasteiger partial charge in [0.25, 0.3) is 0 Å². The molecule has 0 spiro atoms. The molecule has 0 saturated carbocycles. The molecule has 0 atom stereocenters. The van der Waals surface area contributed by atoms with E-state index in [4.69, 9.17) is 4.74 Å². The van der Waals surface area contributed by atoms with E-state index in [2.05, 4.69) is 4.98 Å². The number of hydrogen-bond acceptors (Lipinski definition) is 4. The lowest BCUT2D eigenvalue weighted by atomic mass is 10.0. The van der Waals surface area contributed by atoms with Crippen molar-refractivity contribution < 1.29 is 14.6 Å². The van der Waals surface area contributed by atoms with Gasteiger partial charge in [-0.15, -0.1) is 0 Å². The minimum atomic E-state index is 0.112. The molecule has 1 heterocycles. The smallest absolute Gasteiger partial charge is 0.212 e. The van der Waals surface area contributed by atoms with Crippen molar-refractivity contribution in [1.29, 1.82) is 0 Å². The SMILES string of the molecule is COc1ccc(-c2cc(O)ccc2C=O)cn1. The van der Waals surface area contributed by atoms with E-state index < -0.39 is 0 Å². The number of aromatic nitrogens is 1. The van der Waals surface area contributed by atoms with Crippen LogP contribution >= 0.6 is 0 Å². The fourth-order valence-electron chi connectivity index (χ4n) is 1.56. The van der Waals surface area contributed by atoms with Crippen LogP contribution in [0.5, 0.6) is 11.6 Å². The van der Waals surface area contributed by atoms with Crippen molar-refractivity contribution in [1.82, 2.24) is 4.98 Å². The number of carbonyl (C=O) groups excluding carboxylic acids is 1. The zero-order valence-electron chi connectivity index (χ0n) is 9.25. The number of methoxy groups -OCH3 is 1. The van der Waals surface area contributed by atoms with Gasteiger partial charge in [-0.3, -0.25) is 4.79 Å². The summed E-state index contributed by atoms with van der Waals surface area (Å²) in [5, 5.41) is 9.43. The van der Waals surface area contributed by atoms with Gasteiger partial charge in [0.1, 0.15) is 5.75 Å². The monoisotopic (exact) mass is 229 g/mol. The van der Waals surface area contributed by atoms with Crippen LogP contribution in [0.4, 0.5) is 0 Å². The normalized spacial score (nSPS) is 9.94. The maximum absolute atomic E-state index is 10.9. The highest BCUT2D eigenvalue weighted by molar-refractivity contribution is 5.88. The predicted octanol–water partition coefficient (Wildman–Crippen LogP) is 2.28. The number of phenolic OH excluding ortho intramolecular Hbond substituents is 1. The predicted molar refractivity (Wildman–Crippen MR) is 63.3 cm³/mol. The topological polar surface area (TPSA) is 59.4 Å². The van der Waals surface area contributed by atoms with Crippen LogP contribution in [-0.4, -0.2) is 23.5 Å². The molecule has 4 heteroatoms. The number of carbonyl (C=O) groups is 1. The maximum atomic E-state index is 10.9. The summed E-state index contributed by atoms with van der Waals surface area (Å²) in [6, 6.07) is 8.07. The molecule has 0 aliphatic rings. The molecule has 0 amide bonds. The van der Waals surface area contributed by atoms with E-state index in [9.17, 15) is 9.90 Å². The lowest BCUT2D eigenvalue weighted by molar-refractivity contribution is 0.112. The minimum absolute atomic E-state index is 0.112. The van der Waals surface area contributed by atoms with Crippen LogP contribution in [0.15, 0.2) is 36.5 Å². The highest BCUT2D eigenvalue weighted by Gasteiger charge is 2.06. The number of pyridine rings is 1. The third kappa shape index (κ3) is 2.25. The maximum Gasteiger partial charge on any atom is 0.212 e. The summed E-state index contributed by atoms with van der Waals surface area (Å²) >= 11 is 0. The van der Waals surface area contributed by atoms with Crippen molar-refractivity contribution in [2.24, 2.45) is 0 Å². The number of phenols is 1. The number of aromatic hydroxyl groups is 1. The van der Waals surface area contributed by atoms with E-state index in [1.54, 1.807) is 24.4 Å². The molecule has 0 bridgehead atoms. The van der Waals surface area contributed by atoms with E-state index in [0.717, 1.165) is 11.8 Å². The second-order valence-electron chi connectivity index (χ2n) is 3.48. The van der Waals surface area contributed by atoms with E-state index in [-0.39, 0.29) is 5.75 Å². The van der Waals surface area contributed by atoms with Crippen LogP contribution in [0, 0.1) is 0 Å². The van der Waals surface area contributed by atoms with Gasteiger partial charge in [-0.2, -0.15) is 0 Å². The van der Waals surface area contributed by atoms with Gasteiger partial charge < -0.3 is 9.84 Å². The molecule has 0 aliphatic heterocycles. The second kappa shape index (κ2) is 4.65. The highest BCUT2D eigenvalue weighted by atomic mass is 16.5. The molecule has 0 unspecified atom stereocenters. The van der Waals surface area contributed by atoms with Gasteiger partial charge in [0.15, 0.2) is 6.29 Å². The molecule has 0 fully saturated rings. The summed E-state index contributed by atoms with van der Waals surface area (Å²) in [7, 11) is 1.53. The first kappa shape index (κ1) is 11.1. The standard InChI is InChI=1S/C13H11NO3/c1-17-13-5-3-9(7-14-13)12-6-11(16)4-2-10(12)8-15/h2-8,16H,1H3. The van der Waals surface area contributed by atoms with Crippen molar-refractivity contribution in [2.75, 3.05) is 7.11 Å². The molecular formula is C13H11NO3. The molecule has 0 radical (unpaired) electrons. The largest absolute Gasteiger partial charge is 0.508 e. The van der Waals surface area contributed by atoms with Gasteiger partial charge in [0.05, 0.1) is 7.11 Å². The molecule has 2 aromatic rings. The zero-order chi connectivity index (χ0) is 12.3. The molecular weight excluding hydrogens is 218 g/mol. The van der Waals surface area contributed by atoms with Gasteiger partial charge in [-0.25, -0.2) is 4.98 Å². The first-order chi connectivity index (χ1) is 8.24. The van der Waals surface area contributed by atoms with Crippen LogP contribution in [0.2, 0.25) is 0 Å². The third-order valence-corrected chi connectivity index (χ3v) is 2.42. The van der Waals surface area contributed by atoms with E-state index in [0.29, 0.717) is 17.0 Å². The summed E-state index contributed by atoms with van der Waals surface area (Å²) in [5.74, 6) is 0.614. The average Bonchev–Trinajstić information content (AvgIpc) is 2.39. The Kier molecular flexibility index (Phi) is 3.05. The Balaban J connectivity index is 2.50. The first-order valence-electron chi connectivity index (χ1n) is 5.03. The second-order valence-corrected chi connectivity index (χ2v) is 3.48. The number of aldehydes is 1. The summed E-state index contributed by atoms with van der Waals surface area (Å²) in [6.45, 7) is 0. The molecule has 1 aromatic heterocycles. The van der Waals surface area contributed by atoms with Crippen molar-refractivity contribution in [3.05, 3.63) is 42.1 Å². The lowest BCUT2D eigenvalue weighted by Crippen LogP contribution is -1.90. The van der Waals surface area contributed by atoms with Crippen molar-refractivity contribution in [3.8, 4) is 22.8 Å². The van der Waals surface area contributed by atoms with Crippen LogP contribution in [-0.2, 0) is 0 Å². The number of ether oxygens (including phenoxy) is 1. The summed E-state index contributed by atoms with van der Waals surface area (Å²) < 4.78 is 4.96. The Morgan fingerprint density at radius 3 is 2.71 bits per heavy atom. The minimum Gasteiger partial charge on any atom is -0.508 e. The fraction of sp³-hybridized carbons (Fsp3) is 0.0769. The Labute approximate surface area is 98.5 Å². The Morgan fingerprint density at radius 1 is 1.29 bits per heavy atom. The molecule has 0 saturated heterocycles. The van der Waals surface area contributed by atoms with Crippen LogP contribution in [0.3, 0.4) is 0 Å². The van der Waals surface area contributed by atoms with E-state index in [1.165, 1.54) is 19.2 Å². The molecule has 17 heavy (non-hydrogen) atoms. The van der Waals surface area contributed by atoms with Gasteiger partial charge >= 0.3 is 0 Å². The number of hydrogen-bond donors (Lipinski definition) is 1. The zero-order valence-corrected chi connectivity index (χ0v) is 9.25.